The molecule has 0 spiro atoms. The van der Waals surface area contributed by atoms with Crippen molar-refractivity contribution in [3.8, 4) is 5.75 Å². The van der Waals surface area contributed by atoms with Crippen molar-refractivity contribution in [3.05, 3.63) is 66.2 Å². The van der Waals surface area contributed by atoms with E-state index in [0.717, 1.165) is 5.56 Å². The lowest BCUT2D eigenvalue weighted by molar-refractivity contribution is 0.0660. The smallest absolute Gasteiger partial charge is 0.431 e. The molecule has 0 N–H and O–H groups in total. The molecular weight excluding hydrogens is 240 g/mol. The van der Waals surface area contributed by atoms with Gasteiger partial charge in [-0.2, -0.15) is 0 Å². The third kappa shape index (κ3) is 4.47. The van der Waals surface area contributed by atoms with Crippen LogP contribution in [0.4, 0.5) is 4.79 Å². The molecule has 2 rings (SSSR count). The van der Waals surface area contributed by atoms with Crippen molar-refractivity contribution >= 4 is 6.16 Å². The zero-order chi connectivity index (χ0) is 13.5. The van der Waals surface area contributed by atoms with Crippen LogP contribution in [-0.2, 0) is 11.2 Å². The molecule has 0 radical (unpaired) electrons. The predicted octanol–water partition coefficient (Wildman–Crippen LogP) is 3.83. The first-order valence-electron chi connectivity index (χ1n) is 6.21. The number of carbonyl (C=O) groups is 1. The molecule has 2 aromatic rings. The van der Waals surface area contributed by atoms with Gasteiger partial charge in [-0.25, -0.2) is 4.79 Å². The van der Waals surface area contributed by atoms with Crippen LogP contribution < -0.4 is 4.74 Å². The third-order valence-corrected chi connectivity index (χ3v) is 2.61. The minimum atomic E-state index is -0.672. The molecule has 0 aliphatic rings. The maximum atomic E-state index is 11.6. The summed E-state index contributed by atoms with van der Waals surface area (Å²) in [5.74, 6) is 0.486. The van der Waals surface area contributed by atoms with Crippen LogP contribution in [0.3, 0.4) is 0 Å². The summed E-state index contributed by atoms with van der Waals surface area (Å²) in [6, 6.07) is 18.8. The van der Waals surface area contributed by atoms with E-state index in [2.05, 4.69) is 0 Å². The van der Waals surface area contributed by atoms with Crippen molar-refractivity contribution in [1.82, 2.24) is 0 Å². The van der Waals surface area contributed by atoms with E-state index in [0.29, 0.717) is 12.2 Å². The Hall–Kier alpha value is -2.29. The Morgan fingerprint density at radius 2 is 1.58 bits per heavy atom. The highest BCUT2D eigenvalue weighted by molar-refractivity contribution is 5.63. The van der Waals surface area contributed by atoms with Gasteiger partial charge in [0.05, 0.1) is 0 Å². The maximum Gasteiger partial charge on any atom is 0.514 e. The standard InChI is InChI=1S/C16H16O3/c1-13(12-14-8-4-2-5-9-14)18-16(17)19-15-10-6-3-7-11-15/h2-11,13H,12H2,1H3. The van der Waals surface area contributed by atoms with Crippen LogP contribution in [0.2, 0.25) is 0 Å². The Labute approximate surface area is 112 Å². The zero-order valence-electron chi connectivity index (χ0n) is 10.8. The average Bonchev–Trinajstić information content (AvgIpc) is 2.40. The molecule has 0 fully saturated rings. The van der Waals surface area contributed by atoms with Gasteiger partial charge in [-0.15, -0.1) is 0 Å². The topological polar surface area (TPSA) is 35.5 Å². The van der Waals surface area contributed by atoms with Crippen molar-refractivity contribution in [1.29, 1.82) is 0 Å². The Bertz CT molecular complexity index is 508. The molecule has 0 aromatic heterocycles. The number of benzene rings is 2. The molecule has 0 saturated carbocycles. The van der Waals surface area contributed by atoms with E-state index in [4.69, 9.17) is 9.47 Å². The van der Waals surface area contributed by atoms with Crippen molar-refractivity contribution in [2.45, 2.75) is 19.4 Å². The molecule has 1 atom stereocenters. The summed E-state index contributed by atoms with van der Waals surface area (Å²) >= 11 is 0. The molecule has 98 valence electrons. The molecule has 0 saturated heterocycles. The Balaban J connectivity index is 1.82. The highest BCUT2D eigenvalue weighted by Crippen LogP contribution is 2.11. The lowest BCUT2D eigenvalue weighted by Crippen LogP contribution is -2.20. The Kier molecular flexibility index (Phi) is 4.56. The van der Waals surface area contributed by atoms with Gasteiger partial charge < -0.3 is 9.47 Å². The quantitative estimate of drug-likeness (QED) is 0.616. The molecule has 3 nitrogen and oxygen atoms in total. The van der Waals surface area contributed by atoms with Crippen LogP contribution in [0.5, 0.6) is 5.75 Å². The fourth-order valence-electron chi connectivity index (χ4n) is 1.76. The summed E-state index contributed by atoms with van der Waals surface area (Å²) in [6.07, 6.45) is -0.224. The molecule has 0 heterocycles. The summed E-state index contributed by atoms with van der Waals surface area (Å²) in [6.45, 7) is 1.85. The summed E-state index contributed by atoms with van der Waals surface area (Å²) < 4.78 is 10.3. The molecule has 3 heteroatoms. The Morgan fingerprint density at radius 1 is 1.00 bits per heavy atom. The van der Waals surface area contributed by atoms with Crippen LogP contribution in [0, 0.1) is 0 Å². The van der Waals surface area contributed by atoms with E-state index in [1.807, 2.05) is 43.3 Å². The Morgan fingerprint density at radius 3 is 2.21 bits per heavy atom. The van der Waals surface area contributed by atoms with Crippen molar-refractivity contribution in [3.63, 3.8) is 0 Å². The molecule has 0 aliphatic heterocycles. The van der Waals surface area contributed by atoms with Crippen LogP contribution in [-0.4, -0.2) is 12.3 Å². The maximum absolute atomic E-state index is 11.6. The first kappa shape index (κ1) is 13.1. The molecule has 0 aliphatic carbocycles. The van der Waals surface area contributed by atoms with E-state index < -0.39 is 6.16 Å². The zero-order valence-corrected chi connectivity index (χ0v) is 10.8. The fourth-order valence-corrected chi connectivity index (χ4v) is 1.76. The predicted molar refractivity (Wildman–Crippen MR) is 73.2 cm³/mol. The van der Waals surface area contributed by atoms with Gasteiger partial charge in [-0.05, 0) is 24.6 Å². The van der Waals surface area contributed by atoms with Gasteiger partial charge in [0.25, 0.3) is 0 Å². The van der Waals surface area contributed by atoms with Gasteiger partial charge in [0.2, 0.25) is 0 Å². The number of hydrogen-bond donors (Lipinski definition) is 0. The summed E-state index contributed by atoms with van der Waals surface area (Å²) in [5.41, 5.74) is 1.13. The van der Waals surface area contributed by atoms with Crippen LogP contribution in [0.1, 0.15) is 12.5 Å². The van der Waals surface area contributed by atoms with Gasteiger partial charge in [0, 0.05) is 6.42 Å². The van der Waals surface area contributed by atoms with E-state index in [9.17, 15) is 4.79 Å². The van der Waals surface area contributed by atoms with Gasteiger partial charge in [-0.3, -0.25) is 0 Å². The van der Waals surface area contributed by atoms with E-state index in [-0.39, 0.29) is 6.10 Å². The van der Waals surface area contributed by atoms with Crippen LogP contribution in [0.15, 0.2) is 60.7 Å². The van der Waals surface area contributed by atoms with Gasteiger partial charge >= 0.3 is 6.16 Å². The normalized spacial score (nSPS) is 11.6. The summed E-state index contributed by atoms with van der Waals surface area (Å²) in [4.78, 5) is 11.6. The van der Waals surface area contributed by atoms with E-state index in [1.165, 1.54) is 0 Å². The first-order chi connectivity index (χ1) is 9.24. The highest BCUT2D eigenvalue weighted by atomic mass is 16.7. The summed E-state index contributed by atoms with van der Waals surface area (Å²) in [7, 11) is 0. The van der Waals surface area contributed by atoms with E-state index in [1.54, 1.807) is 24.3 Å². The average molecular weight is 256 g/mol. The molecule has 2 aromatic carbocycles. The fraction of sp³-hybridized carbons (Fsp3) is 0.188. The minimum Gasteiger partial charge on any atom is -0.431 e. The van der Waals surface area contributed by atoms with Crippen LogP contribution in [0.25, 0.3) is 0 Å². The summed E-state index contributed by atoms with van der Waals surface area (Å²) in [5, 5.41) is 0. The number of rotatable bonds is 4. The van der Waals surface area contributed by atoms with Gasteiger partial charge in [-0.1, -0.05) is 48.5 Å². The number of hydrogen-bond acceptors (Lipinski definition) is 3. The monoisotopic (exact) mass is 256 g/mol. The lowest BCUT2D eigenvalue weighted by Gasteiger charge is -2.13. The second-order valence-electron chi connectivity index (χ2n) is 4.28. The SMILES string of the molecule is CC(Cc1ccccc1)OC(=O)Oc1ccccc1. The van der Waals surface area contributed by atoms with Gasteiger partial charge in [0.15, 0.2) is 0 Å². The van der Waals surface area contributed by atoms with Gasteiger partial charge in [0.1, 0.15) is 11.9 Å². The third-order valence-electron chi connectivity index (χ3n) is 2.61. The molecule has 0 bridgehead atoms. The van der Waals surface area contributed by atoms with E-state index >= 15 is 0 Å². The second-order valence-corrected chi connectivity index (χ2v) is 4.28. The second kappa shape index (κ2) is 6.59. The van der Waals surface area contributed by atoms with Crippen molar-refractivity contribution < 1.29 is 14.3 Å². The first-order valence-corrected chi connectivity index (χ1v) is 6.21. The number of carbonyl (C=O) groups excluding carboxylic acids is 1. The molecule has 19 heavy (non-hydrogen) atoms. The highest BCUT2D eigenvalue weighted by Gasteiger charge is 2.12. The lowest BCUT2D eigenvalue weighted by atomic mass is 10.1. The molecular formula is C16H16O3. The number of ether oxygens (including phenoxy) is 2. The van der Waals surface area contributed by atoms with Crippen LogP contribution >= 0.6 is 0 Å². The minimum absolute atomic E-state index is 0.224. The molecule has 1 unspecified atom stereocenters. The van der Waals surface area contributed by atoms with Crippen molar-refractivity contribution in [2.75, 3.05) is 0 Å². The largest absolute Gasteiger partial charge is 0.514 e. The number of para-hydroxylation sites is 1. The molecule has 0 amide bonds. The van der Waals surface area contributed by atoms with Crippen molar-refractivity contribution in [2.24, 2.45) is 0 Å².